The summed E-state index contributed by atoms with van der Waals surface area (Å²) in [6, 6.07) is 4.08. The molecular weight excluding hydrogens is 284 g/mol. The Balaban J connectivity index is 2.18. The van der Waals surface area contributed by atoms with E-state index in [0.29, 0.717) is 25.1 Å². The van der Waals surface area contributed by atoms with Crippen molar-refractivity contribution in [2.45, 2.75) is 31.8 Å². The molecule has 2 rings (SSSR count). The fourth-order valence-electron chi connectivity index (χ4n) is 2.49. The van der Waals surface area contributed by atoms with Gasteiger partial charge in [0.15, 0.2) is 0 Å². The number of carboxylic acid groups (broad SMARTS) is 1. The minimum absolute atomic E-state index is 0.0900. The molecule has 1 unspecified atom stereocenters. The Morgan fingerprint density at radius 1 is 1.50 bits per heavy atom. The lowest BCUT2D eigenvalue weighted by Gasteiger charge is -2.32. The van der Waals surface area contributed by atoms with Gasteiger partial charge in [0.1, 0.15) is 11.1 Å². The molecule has 0 radical (unpaired) electrons. The Bertz CT molecular complexity index is 535. The second kappa shape index (κ2) is 6.19. The molecule has 7 heteroatoms. The van der Waals surface area contributed by atoms with Crippen LogP contribution in [0.5, 0.6) is 0 Å². The average molecular weight is 299 g/mol. The summed E-state index contributed by atoms with van der Waals surface area (Å²) in [5.41, 5.74) is 0.558. The SMILES string of the molecule is O=C(O)C1CCCCN1Cc1ccc(Cl)c([N+](=O)[O-])c1. The lowest BCUT2D eigenvalue weighted by atomic mass is 10.0. The van der Waals surface area contributed by atoms with Crippen molar-refractivity contribution >= 4 is 23.3 Å². The van der Waals surface area contributed by atoms with Gasteiger partial charge in [0.25, 0.3) is 5.69 Å². The predicted octanol–water partition coefficient (Wildman–Crippen LogP) is 2.69. The number of carboxylic acids is 1. The molecule has 1 fully saturated rings. The number of halogens is 1. The first-order valence-corrected chi connectivity index (χ1v) is 6.76. The summed E-state index contributed by atoms with van der Waals surface area (Å²) in [6.45, 7) is 1.07. The van der Waals surface area contributed by atoms with Gasteiger partial charge in [-0.25, -0.2) is 0 Å². The van der Waals surface area contributed by atoms with Gasteiger partial charge in [-0.3, -0.25) is 19.8 Å². The molecule has 108 valence electrons. The minimum atomic E-state index is -0.840. The molecule has 1 saturated heterocycles. The van der Waals surface area contributed by atoms with E-state index >= 15 is 0 Å². The number of likely N-dealkylation sites (tertiary alicyclic amines) is 1. The van der Waals surface area contributed by atoms with Crippen LogP contribution in [-0.2, 0) is 11.3 Å². The molecule has 1 atom stereocenters. The second-order valence-corrected chi connectivity index (χ2v) is 5.27. The molecule has 0 aliphatic carbocycles. The van der Waals surface area contributed by atoms with Crippen molar-refractivity contribution in [2.24, 2.45) is 0 Å². The molecule has 6 nitrogen and oxygen atoms in total. The topological polar surface area (TPSA) is 83.7 Å². The zero-order valence-electron chi connectivity index (χ0n) is 10.8. The molecule has 0 saturated carbocycles. The van der Waals surface area contributed by atoms with E-state index in [9.17, 15) is 20.0 Å². The highest BCUT2D eigenvalue weighted by Crippen LogP contribution is 2.27. The van der Waals surface area contributed by atoms with Gasteiger partial charge >= 0.3 is 5.97 Å². The zero-order chi connectivity index (χ0) is 14.7. The van der Waals surface area contributed by atoms with Crippen molar-refractivity contribution in [3.05, 3.63) is 38.9 Å². The largest absolute Gasteiger partial charge is 0.480 e. The van der Waals surface area contributed by atoms with Gasteiger partial charge in [-0.1, -0.05) is 24.1 Å². The van der Waals surface area contributed by atoms with E-state index in [1.54, 1.807) is 6.07 Å². The Morgan fingerprint density at radius 3 is 2.90 bits per heavy atom. The number of carbonyl (C=O) groups is 1. The molecular formula is C13H15ClN2O4. The second-order valence-electron chi connectivity index (χ2n) is 4.86. The molecule has 1 heterocycles. The Morgan fingerprint density at radius 2 is 2.25 bits per heavy atom. The van der Waals surface area contributed by atoms with E-state index in [-0.39, 0.29) is 10.7 Å². The summed E-state index contributed by atoms with van der Waals surface area (Å²) in [4.78, 5) is 23.4. The highest BCUT2D eigenvalue weighted by atomic mass is 35.5. The smallest absolute Gasteiger partial charge is 0.320 e. The maximum atomic E-state index is 11.2. The first-order chi connectivity index (χ1) is 9.49. The van der Waals surface area contributed by atoms with Crippen LogP contribution in [-0.4, -0.2) is 33.5 Å². The maximum absolute atomic E-state index is 11.2. The number of benzene rings is 1. The number of nitro groups is 1. The van der Waals surface area contributed by atoms with Crippen LogP contribution in [0.25, 0.3) is 0 Å². The van der Waals surface area contributed by atoms with E-state index in [2.05, 4.69) is 0 Å². The first kappa shape index (κ1) is 14.7. The van der Waals surface area contributed by atoms with Crippen molar-refractivity contribution in [2.75, 3.05) is 6.54 Å². The monoisotopic (exact) mass is 298 g/mol. The number of hydrogen-bond donors (Lipinski definition) is 1. The van der Waals surface area contributed by atoms with Gasteiger partial charge in [0.2, 0.25) is 0 Å². The first-order valence-electron chi connectivity index (χ1n) is 6.38. The highest BCUT2D eigenvalue weighted by molar-refractivity contribution is 6.32. The van der Waals surface area contributed by atoms with Crippen molar-refractivity contribution < 1.29 is 14.8 Å². The lowest BCUT2D eigenvalue weighted by Crippen LogP contribution is -2.43. The normalized spacial score (nSPS) is 19.8. The van der Waals surface area contributed by atoms with E-state index in [4.69, 9.17) is 11.6 Å². The van der Waals surface area contributed by atoms with Gasteiger partial charge in [-0.05, 0) is 31.0 Å². The number of aliphatic carboxylic acids is 1. The van der Waals surface area contributed by atoms with Crippen molar-refractivity contribution in [1.29, 1.82) is 0 Å². The standard InChI is InChI=1S/C13H15ClN2O4/c14-10-5-4-9(7-12(10)16(19)20)8-15-6-2-1-3-11(15)13(17)18/h4-5,7,11H,1-3,6,8H2,(H,17,18). The van der Waals surface area contributed by atoms with Gasteiger partial charge in [0.05, 0.1) is 4.92 Å². The predicted molar refractivity (Wildman–Crippen MR) is 73.8 cm³/mol. The van der Waals surface area contributed by atoms with E-state index in [0.717, 1.165) is 12.8 Å². The fourth-order valence-corrected chi connectivity index (χ4v) is 2.68. The summed E-state index contributed by atoms with van der Waals surface area (Å²) in [7, 11) is 0. The van der Waals surface area contributed by atoms with E-state index < -0.39 is 16.9 Å². The minimum Gasteiger partial charge on any atom is -0.480 e. The molecule has 0 spiro atoms. The number of nitrogens with zero attached hydrogens (tertiary/aromatic N) is 2. The number of piperidine rings is 1. The Hall–Kier alpha value is -1.66. The van der Waals surface area contributed by atoms with Crippen LogP contribution in [0.1, 0.15) is 24.8 Å². The van der Waals surface area contributed by atoms with Crippen LogP contribution in [0, 0.1) is 10.1 Å². The van der Waals surface area contributed by atoms with Crippen LogP contribution in [0.15, 0.2) is 18.2 Å². The molecule has 1 N–H and O–H groups in total. The van der Waals surface area contributed by atoms with Crippen molar-refractivity contribution in [3.8, 4) is 0 Å². The molecule has 1 aliphatic heterocycles. The molecule has 0 bridgehead atoms. The molecule has 1 aromatic carbocycles. The Kier molecular flexibility index (Phi) is 4.57. The third kappa shape index (κ3) is 3.26. The highest BCUT2D eigenvalue weighted by Gasteiger charge is 2.28. The number of hydrogen-bond acceptors (Lipinski definition) is 4. The maximum Gasteiger partial charge on any atom is 0.320 e. The van der Waals surface area contributed by atoms with E-state index in [1.165, 1.54) is 12.1 Å². The Labute approximate surface area is 121 Å². The van der Waals surface area contributed by atoms with Crippen LogP contribution >= 0.6 is 11.6 Å². The van der Waals surface area contributed by atoms with Crippen LogP contribution in [0.2, 0.25) is 5.02 Å². The average Bonchev–Trinajstić information content (AvgIpc) is 2.41. The van der Waals surface area contributed by atoms with Crippen LogP contribution in [0.4, 0.5) is 5.69 Å². The summed E-state index contributed by atoms with van der Waals surface area (Å²) in [5, 5.41) is 20.1. The molecule has 0 amide bonds. The zero-order valence-corrected chi connectivity index (χ0v) is 11.5. The lowest BCUT2D eigenvalue weighted by molar-refractivity contribution is -0.384. The number of rotatable bonds is 4. The van der Waals surface area contributed by atoms with Gasteiger partial charge < -0.3 is 5.11 Å². The molecule has 20 heavy (non-hydrogen) atoms. The summed E-state index contributed by atoms with van der Waals surface area (Å²) in [6.07, 6.45) is 2.46. The summed E-state index contributed by atoms with van der Waals surface area (Å²) < 4.78 is 0. The van der Waals surface area contributed by atoms with Crippen LogP contribution in [0.3, 0.4) is 0 Å². The van der Waals surface area contributed by atoms with Gasteiger partial charge in [-0.15, -0.1) is 0 Å². The van der Waals surface area contributed by atoms with Crippen molar-refractivity contribution in [3.63, 3.8) is 0 Å². The number of nitro benzene ring substituents is 1. The summed E-state index contributed by atoms with van der Waals surface area (Å²) in [5.74, 6) is -0.840. The van der Waals surface area contributed by atoms with E-state index in [1.807, 2.05) is 4.90 Å². The molecule has 1 aliphatic rings. The van der Waals surface area contributed by atoms with Crippen molar-refractivity contribution in [1.82, 2.24) is 4.90 Å². The molecule has 1 aromatic rings. The molecule has 0 aromatic heterocycles. The third-order valence-electron chi connectivity index (χ3n) is 3.49. The fraction of sp³-hybridized carbons (Fsp3) is 0.462. The van der Waals surface area contributed by atoms with Crippen LogP contribution < -0.4 is 0 Å². The quantitative estimate of drug-likeness (QED) is 0.682. The van der Waals surface area contributed by atoms with Gasteiger partial charge in [0, 0.05) is 12.6 Å². The van der Waals surface area contributed by atoms with Gasteiger partial charge in [-0.2, -0.15) is 0 Å². The summed E-state index contributed by atoms with van der Waals surface area (Å²) >= 11 is 5.76. The third-order valence-corrected chi connectivity index (χ3v) is 3.81.